The minimum atomic E-state index is -1.05. The van der Waals surface area contributed by atoms with E-state index in [4.69, 9.17) is 21.6 Å². The predicted octanol–water partition coefficient (Wildman–Crippen LogP) is 3.77. The molecule has 0 radical (unpaired) electrons. The Morgan fingerprint density at radius 1 is 1.54 bits per heavy atom. The van der Waals surface area contributed by atoms with Crippen molar-refractivity contribution in [3.63, 3.8) is 0 Å². The third-order valence-electron chi connectivity index (χ3n) is 3.83. The second-order valence-electron chi connectivity index (χ2n) is 5.50. The molecule has 1 aromatic carbocycles. The summed E-state index contributed by atoms with van der Waals surface area (Å²) in [5.41, 5.74) is 1.32. The molecule has 1 aliphatic rings. The molecule has 1 amide bonds. The van der Waals surface area contributed by atoms with Crippen molar-refractivity contribution >= 4 is 28.5 Å². The van der Waals surface area contributed by atoms with Gasteiger partial charge in [-0.25, -0.2) is 4.79 Å². The molecular formula is C17H19ClN2O3S. The van der Waals surface area contributed by atoms with E-state index in [-0.39, 0.29) is 12.6 Å². The Morgan fingerprint density at radius 2 is 2.33 bits per heavy atom. The molecule has 24 heavy (non-hydrogen) atoms. The highest BCUT2D eigenvalue weighted by Gasteiger charge is 2.29. The number of amides is 1. The molecule has 2 unspecified atom stereocenters. The second-order valence-corrected chi connectivity index (χ2v) is 7.18. The van der Waals surface area contributed by atoms with Crippen LogP contribution in [-0.2, 0) is 15.5 Å². The number of carbonyl (C=O) groups excluding carboxylic acids is 1. The summed E-state index contributed by atoms with van der Waals surface area (Å²) < 4.78 is 16.2. The molecule has 0 bridgehead atoms. The summed E-state index contributed by atoms with van der Waals surface area (Å²) >= 11 is 6.11. The Balaban J connectivity index is 2.10. The molecule has 7 heteroatoms. The van der Waals surface area contributed by atoms with E-state index in [0.29, 0.717) is 17.1 Å². The molecule has 0 N–H and O–H groups in total. The Bertz CT molecular complexity index is 700. The molecule has 0 saturated carbocycles. The van der Waals surface area contributed by atoms with E-state index in [1.54, 1.807) is 29.4 Å². The average Bonchev–Trinajstić information content (AvgIpc) is 2.58. The van der Waals surface area contributed by atoms with Crippen LogP contribution < -0.4 is 0 Å². The fourth-order valence-corrected chi connectivity index (χ4v) is 3.28. The summed E-state index contributed by atoms with van der Waals surface area (Å²) in [6.45, 7) is 0.709. The number of likely N-dealkylation sites (tertiary alicyclic amines) is 1. The zero-order chi connectivity index (χ0) is 17.5. The molecule has 1 aliphatic heterocycles. The number of rotatable bonds is 4. The number of carbonyl (C=O) groups is 1. The number of halogens is 1. The lowest BCUT2D eigenvalue weighted by Crippen LogP contribution is -2.38. The van der Waals surface area contributed by atoms with E-state index in [9.17, 15) is 9.00 Å². The summed E-state index contributed by atoms with van der Waals surface area (Å²) in [5, 5.41) is 10.9. The highest BCUT2D eigenvalue weighted by atomic mass is 35.5. The minimum Gasteiger partial charge on any atom is -0.445 e. The maximum Gasteiger partial charge on any atom is 0.410 e. The molecule has 2 rings (SSSR count). The lowest BCUT2D eigenvalue weighted by Gasteiger charge is -2.35. The topological polar surface area (TPSA) is 70.4 Å². The maximum absolute atomic E-state index is 12.3. The lowest BCUT2D eigenvalue weighted by molar-refractivity contribution is 0.0806. The van der Waals surface area contributed by atoms with Gasteiger partial charge in [0.15, 0.2) is 0 Å². The van der Waals surface area contributed by atoms with E-state index >= 15 is 0 Å². The van der Waals surface area contributed by atoms with Gasteiger partial charge >= 0.3 is 6.09 Å². The second kappa shape index (κ2) is 8.86. The molecule has 1 fully saturated rings. The van der Waals surface area contributed by atoms with Crippen LogP contribution in [0.4, 0.5) is 4.79 Å². The first-order valence-electron chi connectivity index (χ1n) is 7.64. The standard InChI is InChI=1S/C17H19ClN2O3S/c1-24(22)10-4-9-23-17(21)20-8-3-2-5-16(20)13-6-7-14(12-19)15(18)11-13/h4,6-7,10-11,16H,2-3,5,8-9H2,1H3/b10-4+. The molecule has 0 aliphatic carbocycles. The van der Waals surface area contributed by atoms with Crippen molar-refractivity contribution in [1.82, 2.24) is 4.90 Å². The zero-order valence-corrected chi connectivity index (χ0v) is 15.0. The Morgan fingerprint density at radius 3 is 3.00 bits per heavy atom. The normalized spacial score (nSPS) is 19.0. The molecular weight excluding hydrogens is 348 g/mol. The number of benzene rings is 1. The third kappa shape index (κ3) is 4.83. The van der Waals surface area contributed by atoms with Crippen molar-refractivity contribution < 1.29 is 13.7 Å². The van der Waals surface area contributed by atoms with Crippen LogP contribution >= 0.6 is 11.6 Å². The molecule has 1 saturated heterocycles. The smallest absolute Gasteiger partial charge is 0.410 e. The van der Waals surface area contributed by atoms with Crippen molar-refractivity contribution in [2.45, 2.75) is 25.3 Å². The Kier molecular flexibility index (Phi) is 6.83. The fourth-order valence-electron chi connectivity index (χ4n) is 2.70. The molecule has 0 spiro atoms. The van der Waals surface area contributed by atoms with Crippen LogP contribution in [-0.4, -0.2) is 34.6 Å². The summed E-state index contributed by atoms with van der Waals surface area (Å²) in [5.74, 6) is 0. The van der Waals surface area contributed by atoms with Crippen molar-refractivity contribution in [3.05, 3.63) is 45.8 Å². The van der Waals surface area contributed by atoms with Crippen LogP contribution in [0, 0.1) is 11.3 Å². The maximum atomic E-state index is 12.3. The largest absolute Gasteiger partial charge is 0.445 e. The van der Waals surface area contributed by atoms with Gasteiger partial charge in [-0.3, -0.25) is 4.21 Å². The zero-order valence-electron chi connectivity index (χ0n) is 13.4. The van der Waals surface area contributed by atoms with Crippen molar-refractivity contribution in [2.75, 3.05) is 19.4 Å². The highest BCUT2D eigenvalue weighted by Crippen LogP contribution is 2.33. The SMILES string of the molecule is CS(=O)/C=C/COC(=O)N1CCCCC1c1ccc(C#N)c(Cl)c1. The molecule has 1 aromatic rings. The van der Waals surface area contributed by atoms with Crippen LogP contribution in [0.5, 0.6) is 0 Å². The Hall–Kier alpha value is -1.84. The van der Waals surface area contributed by atoms with Crippen molar-refractivity contribution in [3.8, 4) is 6.07 Å². The van der Waals surface area contributed by atoms with Gasteiger partial charge in [0.25, 0.3) is 0 Å². The van der Waals surface area contributed by atoms with E-state index < -0.39 is 16.9 Å². The fraction of sp³-hybridized carbons (Fsp3) is 0.412. The third-order valence-corrected chi connectivity index (χ3v) is 4.72. The quantitative estimate of drug-likeness (QED) is 0.813. The van der Waals surface area contributed by atoms with E-state index in [1.807, 2.05) is 12.1 Å². The van der Waals surface area contributed by atoms with E-state index in [1.165, 1.54) is 5.41 Å². The number of piperidine rings is 1. The van der Waals surface area contributed by atoms with Gasteiger partial charge < -0.3 is 9.64 Å². The van der Waals surface area contributed by atoms with Crippen LogP contribution in [0.25, 0.3) is 0 Å². The first-order valence-corrected chi connectivity index (χ1v) is 9.64. The molecule has 128 valence electrons. The van der Waals surface area contributed by atoms with E-state index in [2.05, 4.69) is 0 Å². The number of hydrogen-bond donors (Lipinski definition) is 0. The van der Waals surface area contributed by atoms with Gasteiger partial charge in [-0.1, -0.05) is 17.7 Å². The first-order chi connectivity index (χ1) is 11.5. The number of ether oxygens (including phenoxy) is 1. The summed E-state index contributed by atoms with van der Waals surface area (Å²) in [7, 11) is -1.05. The number of hydrogen-bond acceptors (Lipinski definition) is 4. The summed E-state index contributed by atoms with van der Waals surface area (Å²) in [6, 6.07) is 7.18. The molecule has 2 atom stereocenters. The van der Waals surface area contributed by atoms with Crippen LogP contribution in [0.3, 0.4) is 0 Å². The van der Waals surface area contributed by atoms with Crippen LogP contribution in [0.2, 0.25) is 5.02 Å². The monoisotopic (exact) mass is 366 g/mol. The first kappa shape index (κ1) is 18.5. The van der Waals surface area contributed by atoms with Gasteiger partial charge in [-0.05, 0) is 43.0 Å². The summed E-state index contributed by atoms with van der Waals surface area (Å²) in [4.78, 5) is 14.0. The predicted molar refractivity (Wildman–Crippen MR) is 94.0 cm³/mol. The Labute approximate surface area is 149 Å². The number of nitriles is 1. The van der Waals surface area contributed by atoms with Gasteiger partial charge in [-0.2, -0.15) is 5.26 Å². The lowest BCUT2D eigenvalue weighted by atomic mass is 9.95. The van der Waals surface area contributed by atoms with Crippen LogP contribution in [0.1, 0.15) is 36.4 Å². The highest BCUT2D eigenvalue weighted by molar-refractivity contribution is 7.87. The van der Waals surface area contributed by atoms with Gasteiger partial charge in [0, 0.05) is 29.0 Å². The van der Waals surface area contributed by atoms with Crippen molar-refractivity contribution in [1.29, 1.82) is 5.26 Å². The molecule has 1 heterocycles. The minimum absolute atomic E-state index is 0.0930. The summed E-state index contributed by atoms with van der Waals surface area (Å²) in [6.07, 6.45) is 5.49. The molecule has 0 aromatic heterocycles. The van der Waals surface area contributed by atoms with Gasteiger partial charge in [0.1, 0.15) is 12.7 Å². The van der Waals surface area contributed by atoms with Crippen molar-refractivity contribution in [2.24, 2.45) is 0 Å². The average molecular weight is 367 g/mol. The molecule has 5 nitrogen and oxygen atoms in total. The van der Waals surface area contributed by atoms with E-state index in [0.717, 1.165) is 24.8 Å². The number of nitrogens with zero attached hydrogens (tertiary/aromatic N) is 2. The van der Waals surface area contributed by atoms with Gasteiger partial charge in [0.2, 0.25) is 0 Å². The van der Waals surface area contributed by atoms with Gasteiger partial charge in [-0.15, -0.1) is 0 Å². The van der Waals surface area contributed by atoms with Crippen LogP contribution in [0.15, 0.2) is 29.7 Å². The van der Waals surface area contributed by atoms with Gasteiger partial charge in [0.05, 0.1) is 16.6 Å².